The average molecular weight is 376 g/mol. The number of carbonyl (C=O) groups is 1. The van der Waals surface area contributed by atoms with Crippen LogP contribution in [0.3, 0.4) is 0 Å². The number of ether oxygens (including phenoxy) is 1. The fourth-order valence-corrected chi connectivity index (χ4v) is 3.60. The van der Waals surface area contributed by atoms with E-state index in [-0.39, 0.29) is 6.09 Å². The summed E-state index contributed by atoms with van der Waals surface area (Å²) in [6.45, 7) is 5.97. The number of piperidine rings is 1. The van der Waals surface area contributed by atoms with Crippen LogP contribution in [-0.4, -0.2) is 47.2 Å². The van der Waals surface area contributed by atoms with Crippen molar-refractivity contribution >= 4 is 17.6 Å². The van der Waals surface area contributed by atoms with Gasteiger partial charge < -0.3 is 9.64 Å². The minimum absolute atomic E-state index is 0.311. The van der Waals surface area contributed by atoms with Crippen LogP contribution in [0.2, 0.25) is 0 Å². The molecule has 6 nitrogen and oxygen atoms in total. The topological polar surface area (TPSA) is 67.2 Å². The highest BCUT2D eigenvalue weighted by atomic mass is 16.6. The molecule has 3 heterocycles. The Labute approximate surface area is 165 Å². The Balaban J connectivity index is 1.32. The number of likely N-dealkylation sites (tertiary alicyclic amines) is 1. The maximum atomic E-state index is 12.4. The number of pyridine rings is 1. The maximum Gasteiger partial charge on any atom is 0.415 e. The number of aromatic nitrogens is 1. The summed E-state index contributed by atoms with van der Waals surface area (Å²) >= 11 is 0. The van der Waals surface area contributed by atoms with E-state index in [9.17, 15) is 4.79 Å². The first-order valence-corrected chi connectivity index (χ1v) is 9.67. The van der Waals surface area contributed by atoms with Crippen molar-refractivity contribution in [1.29, 1.82) is 0 Å². The Bertz CT molecular complexity index is 926. The minimum atomic E-state index is -0.311. The van der Waals surface area contributed by atoms with Crippen LogP contribution >= 0.6 is 0 Å². The fourth-order valence-electron chi connectivity index (χ4n) is 3.60. The Hall–Kier alpha value is -3.02. The zero-order valence-electron chi connectivity index (χ0n) is 16.3. The second-order valence-electron chi connectivity index (χ2n) is 7.38. The molecule has 1 aromatic heterocycles. The van der Waals surface area contributed by atoms with E-state index in [1.165, 1.54) is 5.56 Å². The molecule has 0 spiro atoms. The van der Waals surface area contributed by atoms with E-state index in [0.29, 0.717) is 31.3 Å². The van der Waals surface area contributed by atoms with Crippen LogP contribution in [0, 0.1) is 19.8 Å². The Morgan fingerprint density at radius 1 is 1.14 bits per heavy atom. The zero-order valence-corrected chi connectivity index (χ0v) is 16.3. The predicted molar refractivity (Wildman–Crippen MR) is 109 cm³/mol. The number of aliphatic imine (C=N–C) groups is 2. The SMILES string of the molecule is Cc1cccc(C2=NCC(C3CCN(C(=O)Oc4ccc(C)nc4)CC3)=N2)c1. The van der Waals surface area contributed by atoms with Gasteiger partial charge in [0.15, 0.2) is 11.6 Å². The Morgan fingerprint density at radius 3 is 2.68 bits per heavy atom. The predicted octanol–water partition coefficient (Wildman–Crippen LogP) is 3.81. The molecule has 2 aliphatic heterocycles. The number of amides is 1. The molecular weight excluding hydrogens is 352 g/mol. The highest BCUT2D eigenvalue weighted by molar-refractivity contribution is 6.12. The van der Waals surface area contributed by atoms with Gasteiger partial charge in [0.1, 0.15) is 0 Å². The highest BCUT2D eigenvalue weighted by Crippen LogP contribution is 2.23. The van der Waals surface area contributed by atoms with Crippen molar-refractivity contribution in [1.82, 2.24) is 9.88 Å². The zero-order chi connectivity index (χ0) is 19.5. The lowest BCUT2D eigenvalue weighted by molar-refractivity contribution is 0.137. The molecule has 1 aromatic carbocycles. The second kappa shape index (κ2) is 7.92. The molecule has 0 unspecified atom stereocenters. The summed E-state index contributed by atoms with van der Waals surface area (Å²) < 4.78 is 5.43. The van der Waals surface area contributed by atoms with Crippen LogP contribution in [0.5, 0.6) is 5.75 Å². The molecule has 144 valence electrons. The lowest BCUT2D eigenvalue weighted by atomic mass is 9.92. The number of rotatable bonds is 3. The number of amidine groups is 1. The van der Waals surface area contributed by atoms with Gasteiger partial charge in [-0.15, -0.1) is 0 Å². The molecule has 0 bridgehead atoms. The van der Waals surface area contributed by atoms with Gasteiger partial charge in [-0.2, -0.15) is 0 Å². The van der Waals surface area contributed by atoms with Gasteiger partial charge >= 0.3 is 6.09 Å². The van der Waals surface area contributed by atoms with Crippen molar-refractivity contribution in [2.45, 2.75) is 26.7 Å². The molecule has 1 saturated heterocycles. The number of aryl methyl sites for hydroxylation is 2. The average Bonchev–Trinajstić information content (AvgIpc) is 3.20. The Morgan fingerprint density at radius 2 is 1.96 bits per heavy atom. The van der Waals surface area contributed by atoms with E-state index >= 15 is 0 Å². The van der Waals surface area contributed by atoms with E-state index in [0.717, 1.165) is 35.6 Å². The summed E-state index contributed by atoms with van der Waals surface area (Å²) in [6, 6.07) is 11.9. The van der Waals surface area contributed by atoms with Gasteiger partial charge in [0.05, 0.1) is 12.7 Å². The lowest BCUT2D eigenvalue weighted by Gasteiger charge is -2.31. The molecule has 0 radical (unpaired) electrons. The quantitative estimate of drug-likeness (QED) is 0.818. The molecule has 0 N–H and O–H groups in total. The third-order valence-electron chi connectivity index (χ3n) is 5.23. The first-order valence-electron chi connectivity index (χ1n) is 9.67. The third kappa shape index (κ3) is 4.11. The van der Waals surface area contributed by atoms with Crippen molar-refractivity contribution in [3.63, 3.8) is 0 Å². The monoisotopic (exact) mass is 376 g/mol. The van der Waals surface area contributed by atoms with E-state index < -0.39 is 0 Å². The van der Waals surface area contributed by atoms with Crippen molar-refractivity contribution in [3.8, 4) is 5.75 Å². The smallest absolute Gasteiger partial charge is 0.409 e. The van der Waals surface area contributed by atoms with E-state index in [1.54, 1.807) is 17.2 Å². The van der Waals surface area contributed by atoms with Gasteiger partial charge in [-0.05, 0) is 44.9 Å². The second-order valence-corrected chi connectivity index (χ2v) is 7.38. The number of hydrogen-bond acceptors (Lipinski definition) is 5. The number of hydrogen-bond donors (Lipinski definition) is 0. The van der Waals surface area contributed by atoms with Crippen molar-refractivity contribution in [3.05, 3.63) is 59.4 Å². The van der Waals surface area contributed by atoms with Gasteiger partial charge in [0.2, 0.25) is 0 Å². The van der Waals surface area contributed by atoms with Gasteiger partial charge in [-0.25, -0.2) is 9.79 Å². The van der Waals surface area contributed by atoms with Crippen molar-refractivity contribution < 1.29 is 9.53 Å². The van der Waals surface area contributed by atoms with Crippen LogP contribution in [0.1, 0.15) is 29.7 Å². The van der Waals surface area contributed by atoms with Crippen LogP contribution in [0.15, 0.2) is 52.6 Å². The molecule has 1 fully saturated rings. The summed E-state index contributed by atoms with van der Waals surface area (Å²) in [5, 5.41) is 0. The van der Waals surface area contributed by atoms with Crippen molar-refractivity contribution in [2.24, 2.45) is 15.9 Å². The number of carbonyl (C=O) groups excluding carboxylic acids is 1. The molecule has 2 aromatic rings. The van der Waals surface area contributed by atoms with Crippen molar-refractivity contribution in [2.75, 3.05) is 19.6 Å². The number of nitrogens with zero attached hydrogens (tertiary/aromatic N) is 4. The molecule has 28 heavy (non-hydrogen) atoms. The lowest BCUT2D eigenvalue weighted by Crippen LogP contribution is -2.41. The molecule has 6 heteroatoms. The van der Waals surface area contributed by atoms with Crippen LogP contribution in [-0.2, 0) is 0 Å². The first kappa shape index (κ1) is 18.3. The van der Waals surface area contributed by atoms with Crippen LogP contribution in [0.4, 0.5) is 4.79 Å². The van der Waals surface area contributed by atoms with Gasteiger partial charge in [-0.3, -0.25) is 9.98 Å². The summed E-state index contributed by atoms with van der Waals surface area (Å²) in [5.41, 5.74) is 4.31. The molecule has 4 rings (SSSR count). The normalized spacial score (nSPS) is 17.3. The van der Waals surface area contributed by atoms with Crippen LogP contribution in [0.25, 0.3) is 0 Å². The minimum Gasteiger partial charge on any atom is -0.409 e. The summed E-state index contributed by atoms with van der Waals surface area (Å²) in [7, 11) is 0. The Kier molecular flexibility index (Phi) is 5.19. The highest BCUT2D eigenvalue weighted by Gasteiger charge is 2.28. The van der Waals surface area contributed by atoms with Crippen LogP contribution < -0.4 is 4.74 Å². The molecule has 0 aliphatic carbocycles. The number of benzene rings is 1. The van der Waals surface area contributed by atoms with Gasteiger partial charge in [-0.1, -0.05) is 23.8 Å². The molecule has 0 atom stereocenters. The molecule has 0 saturated carbocycles. The summed E-state index contributed by atoms with van der Waals surface area (Å²) in [6.07, 6.45) is 3.04. The van der Waals surface area contributed by atoms with E-state index in [4.69, 9.17) is 9.73 Å². The van der Waals surface area contributed by atoms with E-state index in [2.05, 4.69) is 35.1 Å². The summed E-state index contributed by atoms with van der Waals surface area (Å²) in [4.78, 5) is 27.7. The first-order chi connectivity index (χ1) is 13.6. The van der Waals surface area contributed by atoms with Gasteiger partial charge in [0, 0.05) is 36.0 Å². The maximum absolute atomic E-state index is 12.4. The molecule has 2 aliphatic rings. The largest absolute Gasteiger partial charge is 0.415 e. The third-order valence-corrected chi connectivity index (χ3v) is 5.23. The van der Waals surface area contributed by atoms with Gasteiger partial charge in [0.25, 0.3) is 0 Å². The summed E-state index contributed by atoms with van der Waals surface area (Å²) in [5.74, 6) is 1.68. The van der Waals surface area contributed by atoms with E-state index in [1.807, 2.05) is 19.1 Å². The molecule has 1 amide bonds. The standard InChI is InChI=1S/C22H24N4O2/c1-15-4-3-5-18(12-15)21-24-14-20(25-21)17-8-10-26(11-9-17)22(27)28-19-7-6-16(2)23-13-19/h3-7,12-13,17H,8-11,14H2,1-2H3. The molecular formula is C22H24N4O2. The fraction of sp³-hybridized carbons (Fsp3) is 0.364.